The van der Waals surface area contributed by atoms with Gasteiger partial charge in [0.15, 0.2) is 17.6 Å². The van der Waals surface area contributed by atoms with E-state index >= 15 is 0 Å². The van der Waals surface area contributed by atoms with Crippen LogP contribution in [0.25, 0.3) is 0 Å². The first-order valence-electron chi connectivity index (χ1n) is 8.09. The minimum absolute atomic E-state index is 0.0983. The molecule has 3 rings (SSSR count). The first-order chi connectivity index (χ1) is 12.2. The van der Waals surface area contributed by atoms with Gasteiger partial charge in [-0.15, -0.1) is 0 Å². The van der Waals surface area contributed by atoms with E-state index in [1.54, 1.807) is 31.6 Å². The Balaban J connectivity index is 1.55. The number of guanidine groups is 1. The summed E-state index contributed by atoms with van der Waals surface area (Å²) in [5.41, 5.74) is 0.328. The van der Waals surface area contributed by atoms with Crippen molar-refractivity contribution in [2.75, 3.05) is 25.0 Å². The van der Waals surface area contributed by atoms with Crippen LogP contribution >= 0.6 is 0 Å². The van der Waals surface area contributed by atoms with E-state index in [0.717, 1.165) is 6.42 Å². The molecular weight excluding hydrogens is 326 g/mol. The highest BCUT2D eigenvalue weighted by molar-refractivity contribution is 5.80. The normalized spacial score (nSPS) is 17.6. The van der Waals surface area contributed by atoms with Gasteiger partial charge in [0.2, 0.25) is 0 Å². The molecule has 0 saturated carbocycles. The average molecular weight is 346 g/mol. The number of nitrogens with zero attached hydrogens (tertiary/aromatic N) is 4. The number of hydrogen-bond donors (Lipinski definition) is 2. The van der Waals surface area contributed by atoms with Gasteiger partial charge in [0.25, 0.3) is 0 Å². The molecule has 0 bridgehead atoms. The van der Waals surface area contributed by atoms with E-state index < -0.39 is 0 Å². The van der Waals surface area contributed by atoms with Crippen LogP contribution in [0.4, 0.5) is 14.6 Å². The maximum absolute atomic E-state index is 13.8. The van der Waals surface area contributed by atoms with Gasteiger partial charge in [-0.2, -0.15) is 0 Å². The van der Waals surface area contributed by atoms with Crippen LogP contribution in [0.5, 0.6) is 0 Å². The van der Waals surface area contributed by atoms with E-state index in [1.807, 2.05) is 4.90 Å². The second-order valence-electron chi connectivity index (χ2n) is 5.74. The van der Waals surface area contributed by atoms with Crippen LogP contribution in [0.15, 0.2) is 41.7 Å². The molecule has 8 heteroatoms. The minimum Gasteiger partial charge on any atom is -0.352 e. The highest BCUT2D eigenvalue weighted by Crippen LogP contribution is 2.20. The highest BCUT2D eigenvalue weighted by atomic mass is 19.1. The van der Waals surface area contributed by atoms with Gasteiger partial charge in [-0.05, 0) is 30.7 Å². The number of rotatable bonds is 4. The van der Waals surface area contributed by atoms with Gasteiger partial charge >= 0.3 is 0 Å². The van der Waals surface area contributed by atoms with Crippen molar-refractivity contribution in [1.29, 1.82) is 0 Å². The average Bonchev–Trinajstić information content (AvgIpc) is 3.08. The van der Waals surface area contributed by atoms with E-state index in [1.165, 1.54) is 12.1 Å². The number of hydrogen-bond acceptors (Lipinski definition) is 4. The number of aliphatic imine (C=N–C) groups is 1. The topological polar surface area (TPSA) is 65.4 Å². The van der Waals surface area contributed by atoms with Gasteiger partial charge in [0, 0.05) is 38.6 Å². The second kappa shape index (κ2) is 7.87. The smallest absolute Gasteiger partial charge is 0.191 e. The molecule has 0 spiro atoms. The summed E-state index contributed by atoms with van der Waals surface area (Å²) in [6.07, 6.45) is 3.96. The first-order valence-corrected chi connectivity index (χ1v) is 8.09. The lowest BCUT2D eigenvalue weighted by Crippen LogP contribution is -2.44. The van der Waals surface area contributed by atoms with Crippen LogP contribution in [0.2, 0.25) is 0 Å². The van der Waals surface area contributed by atoms with Crippen molar-refractivity contribution < 1.29 is 8.78 Å². The lowest BCUT2D eigenvalue weighted by molar-refractivity contribution is 0.588. The number of nitrogens with one attached hydrogen (secondary N) is 2. The third-order valence-corrected chi connectivity index (χ3v) is 4.05. The third-order valence-electron chi connectivity index (χ3n) is 4.05. The van der Waals surface area contributed by atoms with Crippen molar-refractivity contribution in [3.8, 4) is 0 Å². The van der Waals surface area contributed by atoms with Crippen LogP contribution in [0, 0.1) is 11.6 Å². The number of halogens is 2. The van der Waals surface area contributed by atoms with Crippen molar-refractivity contribution in [2.24, 2.45) is 4.99 Å². The Hall–Kier alpha value is -2.77. The summed E-state index contributed by atoms with van der Waals surface area (Å²) < 4.78 is 27.5. The van der Waals surface area contributed by atoms with E-state index in [9.17, 15) is 8.78 Å². The molecule has 0 radical (unpaired) electrons. The molecule has 0 aliphatic carbocycles. The van der Waals surface area contributed by atoms with Gasteiger partial charge in [-0.1, -0.05) is 0 Å². The summed E-state index contributed by atoms with van der Waals surface area (Å²) in [7, 11) is 1.65. The maximum atomic E-state index is 13.8. The number of pyridine rings is 2. The van der Waals surface area contributed by atoms with Crippen molar-refractivity contribution >= 4 is 11.8 Å². The van der Waals surface area contributed by atoms with Crippen molar-refractivity contribution in [2.45, 2.75) is 19.0 Å². The quantitative estimate of drug-likeness (QED) is 0.652. The molecule has 0 amide bonds. The van der Waals surface area contributed by atoms with E-state index in [0.29, 0.717) is 30.6 Å². The second-order valence-corrected chi connectivity index (χ2v) is 5.74. The Morgan fingerprint density at radius 3 is 2.72 bits per heavy atom. The van der Waals surface area contributed by atoms with Crippen LogP contribution in [-0.2, 0) is 6.54 Å². The Morgan fingerprint density at radius 1 is 1.24 bits per heavy atom. The lowest BCUT2D eigenvalue weighted by Gasteiger charge is -2.19. The van der Waals surface area contributed by atoms with Crippen molar-refractivity contribution in [3.63, 3.8) is 0 Å². The fourth-order valence-corrected chi connectivity index (χ4v) is 2.78. The lowest BCUT2D eigenvalue weighted by atomic mass is 10.3. The Bertz CT molecular complexity index is 751. The van der Waals surface area contributed by atoms with Crippen LogP contribution < -0.4 is 15.5 Å². The molecule has 2 aromatic heterocycles. The monoisotopic (exact) mass is 346 g/mol. The summed E-state index contributed by atoms with van der Waals surface area (Å²) in [6.45, 7) is 1.56. The molecule has 1 atom stereocenters. The van der Waals surface area contributed by atoms with Gasteiger partial charge in [0.1, 0.15) is 5.82 Å². The zero-order valence-electron chi connectivity index (χ0n) is 13.9. The molecule has 1 unspecified atom stereocenters. The molecule has 3 heterocycles. The predicted octanol–water partition coefficient (Wildman–Crippen LogP) is 1.70. The molecule has 1 saturated heterocycles. The highest BCUT2D eigenvalue weighted by Gasteiger charge is 2.25. The van der Waals surface area contributed by atoms with Gasteiger partial charge in [-0.3, -0.25) is 9.98 Å². The molecule has 1 aliphatic rings. The summed E-state index contributed by atoms with van der Waals surface area (Å²) in [5.74, 6) is 0.239. The molecule has 2 N–H and O–H groups in total. The molecular formula is C17H20F2N6. The predicted molar refractivity (Wildman–Crippen MR) is 92.3 cm³/mol. The molecule has 1 fully saturated rings. The van der Waals surface area contributed by atoms with E-state index in [-0.39, 0.29) is 24.2 Å². The summed E-state index contributed by atoms with van der Waals surface area (Å²) in [4.78, 5) is 14.2. The summed E-state index contributed by atoms with van der Waals surface area (Å²) in [6, 6.07) is 6.01. The van der Waals surface area contributed by atoms with E-state index in [4.69, 9.17) is 0 Å². The summed E-state index contributed by atoms with van der Waals surface area (Å²) >= 11 is 0. The zero-order valence-corrected chi connectivity index (χ0v) is 13.9. The van der Waals surface area contributed by atoms with Gasteiger partial charge < -0.3 is 15.5 Å². The zero-order chi connectivity index (χ0) is 17.6. The Labute approximate surface area is 145 Å². The fraction of sp³-hybridized carbons (Fsp3) is 0.353. The van der Waals surface area contributed by atoms with Crippen molar-refractivity contribution in [3.05, 3.63) is 54.0 Å². The molecule has 132 valence electrons. The Kier molecular flexibility index (Phi) is 5.37. The SMILES string of the molecule is CN=C(NCc1ncccc1F)NC1CCN(c2ncccc2F)C1. The minimum atomic E-state index is -0.358. The van der Waals surface area contributed by atoms with Crippen LogP contribution in [0.1, 0.15) is 12.1 Å². The molecule has 0 aromatic carbocycles. The van der Waals surface area contributed by atoms with Crippen LogP contribution in [-0.4, -0.2) is 42.1 Å². The molecule has 6 nitrogen and oxygen atoms in total. The van der Waals surface area contributed by atoms with Crippen LogP contribution in [0.3, 0.4) is 0 Å². The standard InChI is InChI=1S/C17H20F2N6/c1-20-17(23-10-15-13(18)4-2-7-21-15)24-12-6-9-25(11-12)16-14(19)5-3-8-22-16/h2-5,7-8,12H,6,9-11H2,1H3,(H2,20,23,24). The molecule has 2 aromatic rings. The molecule has 25 heavy (non-hydrogen) atoms. The number of anilines is 1. The first kappa shape index (κ1) is 17.1. The maximum Gasteiger partial charge on any atom is 0.191 e. The van der Waals surface area contributed by atoms with Crippen molar-refractivity contribution in [1.82, 2.24) is 20.6 Å². The van der Waals surface area contributed by atoms with Gasteiger partial charge in [-0.25, -0.2) is 13.8 Å². The van der Waals surface area contributed by atoms with Gasteiger partial charge in [0.05, 0.1) is 12.2 Å². The summed E-state index contributed by atoms with van der Waals surface area (Å²) in [5, 5.41) is 6.32. The largest absolute Gasteiger partial charge is 0.352 e. The fourth-order valence-electron chi connectivity index (χ4n) is 2.78. The number of aromatic nitrogens is 2. The molecule has 1 aliphatic heterocycles. The van der Waals surface area contributed by atoms with E-state index in [2.05, 4.69) is 25.6 Å². The third kappa shape index (κ3) is 4.20. The Morgan fingerprint density at radius 2 is 2.00 bits per heavy atom.